The summed E-state index contributed by atoms with van der Waals surface area (Å²) in [4.78, 5) is 28.5. The molecular weight excluding hydrogens is 506 g/mol. The summed E-state index contributed by atoms with van der Waals surface area (Å²) < 4.78 is 48.2. The molecule has 13 heteroatoms. The van der Waals surface area contributed by atoms with Crippen LogP contribution in [-0.2, 0) is 28.5 Å². The predicted molar refractivity (Wildman–Crippen MR) is 135 cm³/mol. The summed E-state index contributed by atoms with van der Waals surface area (Å²) in [5.41, 5.74) is -0.654. The van der Waals surface area contributed by atoms with Crippen LogP contribution in [-0.4, -0.2) is 64.2 Å². The molecule has 198 valence electrons. The van der Waals surface area contributed by atoms with E-state index < -0.39 is 42.5 Å². The highest BCUT2D eigenvalue weighted by atomic mass is 32.2. The number of aromatic nitrogens is 2. The molecule has 1 aliphatic heterocycles. The van der Waals surface area contributed by atoms with Gasteiger partial charge < -0.3 is 18.6 Å². The van der Waals surface area contributed by atoms with Gasteiger partial charge in [0.2, 0.25) is 0 Å². The molecule has 1 amide bonds. The fourth-order valence-electron chi connectivity index (χ4n) is 3.00. The van der Waals surface area contributed by atoms with Crippen molar-refractivity contribution in [3.63, 3.8) is 0 Å². The van der Waals surface area contributed by atoms with Crippen LogP contribution in [0.4, 0.5) is 10.6 Å². The van der Waals surface area contributed by atoms with E-state index >= 15 is 0 Å². The first-order chi connectivity index (χ1) is 16.8. The highest BCUT2D eigenvalue weighted by molar-refractivity contribution is 7.91. The van der Waals surface area contributed by atoms with Crippen LogP contribution < -0.4 is 11.0 Å². The summed E-state index contributed by atoms with van der Waals surface area (Å²) in [7, 11) is -5.55. The maximum atomic E-state index is 12.5. The zero-order chi connectivity index (χ0) is 26.6. The zero-order valence-corrected chi connectivity index (χ0v) is 22.9. The van der Waals surface area contributed by atoms with E-state index in [0.717, 1.165) is 0 Å². The minimum atomic E-state index is -3.58. The van der Waals surface area contributed by atoms with Gasteiger partial charge in [0.1, 0.15) is 12.4 Å². The number of benzene rings is 1. The van der Waals surface area contributed by atoms with Gasteiger partial charge >= 0.3 is 11.8 Å². The summed E-state index contributed by atoms with van der Waals surface area (Å²) in [6.07, 6.45) is -0.778. The quantitative estimate of drug-likeness (QED) is 0.477. The molecule has 1 aliphatic rings. The number of hydrogen-bond donors (Lipinski definition) is 1. The minimum Gasteiger partial charge on any atom is -0.448 e. The van der Waals surface area contributed by atoms with Gasteiger partial charge in [-0.25, -0.2) is 18.0 Å². The number of nitrogens with one attached hydrogen (secondary N) is 1. The minimum absolute atomic E-state index is 0.0381. The van der Waals surface area contributed by atoms with E-state index in [9.17, 15) is 18.0 Å². The Balaban J connectivity index is 1.49. The lowest BCUT2D eigenvalue weighted by molar-refractivity contribution is -0.0962. The molecule has 0 radical (unpaired) electrons. The maximum absolute atomic E-state index is 12.5. The van der Waals surface area contributed by atoms with Crippen molar-refractivity contribution >= 4 is 30.1 Å². The normalized spacial score (nSPS) is 18.7. The first kappa shape index (κ1) is 28.0. The Labute approximate surface area is 211 Å². The molecule has 1 saturated heterocycles. The molecule has 0 unspecified atom stereocenters. The van der Waals surface area contributed by atoms with Crippen molar-refractivity contribution in [2.75, 3.05) is 30.9 Å². The molecule has 0 bridgehead atoms. The highest BCUT2D eigenvalue weighted by Crippen LogP contribution is 2.37. The molecular formula is C23H33N3O8SSi. The Morgan fingerprint density at radius 1 is 1.22 bits per heavy atom. The number of rotatable bonds is 9. The van der Waals surface area contributed by atoms with E-state index in [1.165, 1.54) is 29.0 Å². The molecule has 1 fully saturated rings. The van der Waals surface area contributed by atoms with Crippen LogP contribution >= 0.6 is 0 Å². The largest absolute Gasteiger partial charge is 0.448 e. The van der Waals surface area contributed by atoms with Crippen molar-refractivity contribution in [2.45, 2.75) is 56.3 Å². The van der Waals surface area contributed by atoms with Crippen LogP contribution in [0, 0.1) is 0 Å². The summed E-state index contributed by atoms with van der Waals surface area (Å²) in [5, 5.41) is 2.37. The van der Waals surface area contributed by atoms with Crippen LogP contribution in [0.1, 0.15) is 27.0 Å². The summed E-state index contributed by atoms with van der Waals surface area (Å²) >= 11 is 0. The molecule has 11 nitrogen and oxygen atoms in total. The Hall–Kier alpha value is -2.58. The standard InChI is InChI=1S/C23H33N3O8SSi/c1-23(2,3)36(4,5)33-16-20-32-15-19(34-20)26-12-11-18(24-21(26)27)25-22(28)31-13-14-35(29,30)17-9-7-6-8-10-17/h6-12,19-20H,13-16H2,1-5H3,(H,24,25,27,28)/t19-,20-/m0/s1. The molecule has 0 spiro atoms. The van der Waals surface area contributed by atoms with Crippen molar-refractivity contribution in [1.82, 2.24) is 9.55 Å². The smallest absolute Gasteiger partial charge is 0.412 e. The lowest BCUT2D eigenvalue weighted by Crippen LogP contribution is -2.42. The first-order valence-corrected chi connectivity index (χ1v) is 16.1. The number of ether oxygens (including phenoxy) is 3. The Bertz CT molecular complexity index is 1210. The Morgan fingerprint density at radius 2 is 1.92 bits per heavy atom. The second-order valence-electron chi connectivity index (χ2n) is 9.82. The number of carbonyl (C=O) groups excluding carboxylic acids is 1. The summed E-state index contributed by atoms with van der Waals surface area (Å²) in [6, 6.07) is 9.28. The number of sulfone groups is 1. The van der Waals surface area contributed by atoms with Gasteiger partial charge in [-0.2, -0.15) is 4.98 Å². The molecule has 2 aromatic rings. The molecule has 2 atom stereocenters. The summed E-state index contributed by atoms with van der Waals surface area (Å²) in [5.74, 6) is -0.414. The van der Waals surface area contributed by atoms with Crippen molar-refractivity contribution in [3.8, 4) is 0 Å². The lowest BCUT2D eigenvalue weighted by atomic mass is 10.2. The second kappa shape index (κ2) is 11.2. The number of carbonyl (C=O) groups is 1. The molecule has 0 aliphatic carbocycles. The fourth-order valence-corrected chi connectivity index (χ4v) is 5.10. The van der Waals surface area contributed by atoms with Crippen molar-refractivity contribution in [3.05, 3.63) is 53.1 Å². The van der Waals surface area contributed by atoms with E-state index in [2.05, 4.69) is 44.2 Å². The zero-order valence-electron chi connectivity index (χ0n) is 21.1. The Morgan fingerprint density at radius 3 is 2.56 bits per heavy atom. The van der Waals surface area contributed by atoms with Gasteiger partial charge in [0.15, 0.2) is 30.7 Å². The third-order valence-electron chi connectivity index (χ3n) is 6.18. The number of nitrogens with zero attached hydrogens (tertiary/aromatic N) is 2. The SMILES string of the molecule is CC(C)(C)[Si](C)(C)OC[C@H]1OC[C@@H](n2ccc(NC(=O)OCCS(=O)(=O)c3ccccc3)nc2=O)O1. The van der Waals surface area contributed by atoms with Gasteiger partial charge in [-0.1, -0.05) is 39.0 Å². The number of hydrogen-bond acceptors (Lipinski definition) is 9. The number of amides is 1. The van der Waals surface area contributed by atoms with E-state index in [-0.39, 0.29) is 41.3 Å². The van der Waals surface area contributed by atoms with Crippen molar-refractivity contribution in [1.29, 1.82) is 0 Å². The van der Waals surface area contributed by atoms with Crippen LogP contribution in [0.15, 0.2) is 52.3 Å². The van der Waals surface area contributed by atoms with Crippen LogP contribution in [0.5, 0.6) is 0 Å². The second-order valence-corrected chi connectivity index (χ2v) is 16.7. The molecule has 2 heterocycles. The van der Waals surface area contributed by atoms with Crippen molar-refractivity contribution < 1.29 is 31.8 Å². The Kier molecular flexibility index (Phi) is 8.72. The third-order valence-corrected chi connectivity index (χ3v) is 12.4. The first-order valence-electron chi connectivity index (χ1n) is 11.5. The van der Waals surface area contributed by atoms with Gasteiger partial charge in [-0.05, 0) is 36.3 Å². The molecule has 1 aromatic carbocycles. The average molecular weight is 540 g/mol. The van der Waals surface area contributed by atoms with Gasteiger partial charge in [0, 0.05) is 6.20 Å². The summed E-state index contributed by atoms with van der Waals surface area (Å²) in [6.45, 7) is 10.7. The maximum Gasteiger partial charge on any atom is 0.412 e. The number of anilines is 1. The van der Waals surface area contributed by atoms with E-state index in [0.29, 0.717) is 0 Å². The van der Waals surface area contributed by atoms with Crippen LogP contribution in [0.3, 0.4) is 0 Å². The third kappa shape index (κ3) is 7.23. The highest BCUT2D eigenvalue weighted by Gasteiger charge is 2.39. The predicted octanol–water partition coefficient (Wildman–Crippen LogP) is 3.16. The van der Waals surface area contributed by atoms with Gasteiger partial charge in [0.25, 0.3) is 0 Å². The average Bonchev–Trinajstić information content (AvgIpc) is 3.26. The monoisotopic (exact) mass is 539 g/mol. The fraction of sp³-hybridized carbons (Fsp3) is 0.522. The molecule has 1 N–H and O–H groups in total. The van der Waals surface area contributed by atoms with Crippen LogP contribution in [0.25, 0.3) is 0 Å². The van der Waals surface area contributed by atoms with E-state index in [4.69, 9.17) is 18.6 Å². The van der Waals surface area contributed by atoms with Crippen LogP contribution in [0.2, 0.25) is 18.1 Å². The molecule has 0 saturated carbocycles. The molecule has 3 rings (SSSR count). The van der Waals surface area contributed by atoms with E-state index in [1.807, 2.05) is 0 Å². The van der Waals surface area contributed by atoms with Gasteiger partial charge in [-0.3, -0.25) is 9.88 Å². The van der Waals surface area contributed by atoms with Gasteiger partial charge in [-0.15, -0.1) is 0 Å². The lowest BCUT2D eigenvalue weighted by Gasteiger charge is -2.36. The van der Waals surface area contributed by atoms with Crippen molar-refractivity contribution in [2.24, 2.45) is 0 Å². The molecule has 36 heavy (non-hydrogen) atoms. The molecule has 1 aromatic heterocycles. The topological polar surface area (TPSA) is 135 Å². The van der Waals surface area contributed by atoms with E-state index in [1.54, 1.807) is 18.2 Å². The van der Waals surface area contributed by atoms with Gasteiger partial charge in [0.05, 0.1) is 23.9 Å².